The fraction of sp³-hybridized carbons (Fsp3) is 0.522. The van der Waals surface area contributed by atoms with E-state index in [0.717, 1.165) is 42.9 Å². The Morgan fingerprint density at radius 2 is 2.03 bits per heavy atom. The van der Waals surface area contributed by atoms with Crippen LogP contribution in [0.25, 0.3) is 10.9 Å². The van der Waals surface area contributed by atoms with Gasteiger partial charge in [-0.15, -0.1) is 11.3 Å². The van der Waals surface area contributed by atoms with Crippen LogP contribution in [-0.4, -0.2) is 62.4 Å². The molecule has 0 spiro atoms. The molecular weight excluding hydrogens is 481 g/mol. The molecule has 2 aromatic heterocycles. The summed E-state index contributed by atoms with van der Waals surface area (Å²) in [7, 11) is 1.65. The summed E-state index contributed by atoms with van der Waals surface area (Å²) in [6, 6.07) is 3.87. The number of anilines is 1. The lowest BCUT2D eigenvalue weighted by molar-refractivity contribution is -0.137. The minimum absolute atomic E-state index is 0.0314. The Balaban J connectivity index is 1.10. The number of hydrogen-bond donors (Lipinski definition) is 3. The molecule has 2 fully saturated rings. The number of halogens is 3. The van der Waals surface area contributed by atoms with Gasteiger partial charge in [0.2, 0.25) is 5.91 Å². The van der Waals surface area contributed by atoms with Crippen LogP contribution in [-0.2, 0) is 23.6 Å². The summed E-state index contributed by atoms with van der Waals surface area (Å²) in [6.45, 7) is 1.41. The third-order valence-electron chi connectivity index (χ3n) is 7.06. The van der Waals surface area contributed by atoms with Crippen molar-refractivity contribution in [3.8, 4) is 0 Å². The molecule has 2 aliphatic rings. The number of nitrogens with one attached hydrogen (secondary N) is 2. The summed E-state index contributed by atoms with van der Waals surface area (Å²) in [6.07, 6.45) is 0.480. The van der Waals surface area contributed by atoms with E-state index < -0.39 is 17.3 Å². The highest BCUT2D eigenvalue weighted by Gasteiger charge is 2.41. The predicted octanol–water partition coefficient (Wildman–Crippen LogP) is 3.09. The van der Waals surface area contributed by atoms with Crippen LogP contribution < -0.4 is 10.6 Å². The molecule has 1 aromatic carbocycles. The maximum atomic E-state index is 13.1. The highest BCUT2D eigenvalue weighted by molar-refractivity contribution is 7.09. The second-order valence-corrected chi connectivity index (χ2v) is 10.3. The number of thiazole rings is 1. The van der Waals surface area contributed by atoms with Crippen molar-refractivity contribution in [1.82, 2.24) is 25.0 Å². The zero-order valence-electron chi connectivity index (χ0n) is 19.2. The Morgan fingerprint density at radius 1 is 1.29 bits per heavy atom. The summed E-state index contributed by atoms with van der Waals surface area (Å²) < 4.78 is 40.8. The van der Waals surface area contributed by atoms with Crippen LogP contribution in [0.4, 0.5) is 19.0 Å². The van der Waals surface area contributed by atoms with Crippen molar-refractivity contribution in [2.45, 2.75) is 49.5 Å². The lowest BCUT2D eigenvalue weighted by atomic mass is 9.80. The minimum atomic E-state index is -4.45. The standard InChI is InChI=1S/C23H27F3N6O2S/c1-31-18-3-2-14(23(24,25)26)8-17(18)21(30-31)28-10-20(33)29-15-11-32(12-15)16-4-6-22(34,7-5-16)19-9-27-13-35-19/h2-3,8-9,13,15-16,34H,4-7,10-12H2,1H3,(H,28,30)(H,29,33)/t16-,22-. The number of fused-ring (bicyclic) bond motifs is 1. The van der Waals surface area contributed by atoms with Gasteiger partial charge in [0, 0.05) is 37.8 Å². The highest BCUT2D eigenvalue weighted by Crippen LogP contribution is 2.40. The molecule has 3 aromatic rings. The lowest BCUT2D eigenvalue weighted by Crippen LogP contribution is -2.63. The van der Waals surface area contributed by atoms with Crippen LogP contribution in [0.5, 0.6) is 0 Å². The minimum Gasteiger partial charge on any atom is -0.384 e. The number of aliphatic hydroxyl groups is 1. The summed E-state index contributed by atoms with van der Waals surface area (Å²) >= 11 is 1.49. The van der Waals surface area contributed by atoms with Gasteiger partial charge in [-0.25, -0.2) is 0 Å². The fourth-order valence-corrected chi connectivity index (χ4v) is 5.84. The third kappa shape index (κ3) is 4.87. The van der Waals surface area contributed by atoms with E-state index in [0.29, 0.717) is 29.8 Å². The van der Waals surface area contributed by atoms with E-state index >= 15 is 0 Å². The number of amides is 1. The molecule has 1 saturated carbocycles. The number of aryl methyl sites for hydroxylation is 1. The van der Waals surface area contributed by atoms with Crippen LogP contribution in [0.1, 0.15) is 36.1 Å². The molecule has 1 aliphatic heterocycles. The lowest BCUT2D eigenvalue weighted by Gasteiger charge is -2.48. The Labute approximate surface area is 204 Å². The van der Waals surface area contributed by atoms with Crippen molar-refractivity contribution in [3.63, 3.8) is 0 Å². The van der Waals surface area contributed by atoms with Gasteiger partial charge in [0.15, 0.2) is 5.82 Å². The molecule has 1 amide bonds. The third-order valence-corrected chi connectivity index (χ3v) is 8.03. The number of rotatable bonds is 6. The van der Waals surface area contributed by atoms with E-state index in [1.54, 1.807) is 18.8 Å². The van der Waals surface area contributed by atoms with Crippen LogP contribution >= 0.6 is 11.3 Å². The number of nitrogens with zero attached hydrogens (tertiary/aromatic N) is 4. The Morgan fingerprint density at radius 3 is 2.69 bits per heavy atom. The maximum absolute atomic E-state index is 13.1. The van der Waals surface area contributed by atoms with Crippen LogP contribution in [0.2, 0.25) is 0 Å². The van der Waals surface area contributed by atoms with Crippen LogP contribution in [0, 0.1) is 0 Å². The van der Waals surface area contributed by atoms with Crippen molar-refractivity contribution in [1.29, 1.82) is 0 Å². The van der Waals surface area contributed by atoms with Crippen LogP contribution in [0.15, 0.2) is 29.9 Å². The van der Waals surface area contributed by atoms with E-state index in [1.165, 1.54) is 22.1 Å². The molecule has 35 heavy (non-hydrogen) atoms. The molecule has 12 heteroatoms. The number of likely N-dealkylation sites (tertiary alicyclic amines) is 1. The summed E-state index contributed by atoms with van der Waals surface area (Å²) in [5.41, 5.74) is 0.754. The molecule has 1 saturated heterocycles. The Hall–Kier alpha value is -2.70. The molecule has 3 N–H and O–H groups in total. The van der Waals surface area contributed by atoms with Gasteiger partial charge in [0.1, 0.15) is 5.60 Å². The molecule has 3 heterocycles. The molecular formula is C23H27F3N6O2S. The first kappa shape index (κ1) is 24.0. The molecule has 0 unspecified atom stereocenters. The number of hydrogen-bond acceptors (Lipinski definition) is 7. The van der Waals surface area contributed by atoms with E-state index in [9.17, 15) is 23.1 Å². The molecule has 5 rings (SSSR count). The topological polar surface area (TPSA) is 95.3 Å². The van der Waals surface area contributed by atoms with Gasteiger partial charge in [-0.05, 0) is 43.9 Å². The number of aromatic nitrogens is 3. The quantitative estimate of drug-likeness (QED) is 0.474. The first-order valence-electron chi connectivity index (χ1n) is 11.5. The van der Waals surface area contributed by atoms with Gasteiger partial charge < -0.3 is 15.7 Å². The van der Waals surface area contributed by atoms with Gasteiger partial charge in [0.25, 0.3) is 0 Å². The molecule has 1 aliphatic carbocycles. The maximum Gasteiger partial charge on any atom is 0.416 e. The van der Waals surface area contributed by atoms with Gasteiger partial charge in [-0.3, -0.25) is 19.4 Å². The second kappa shape index (κ2) is 9.07. The smallest absolute Gasteiger partial charge is 0.384 e. The molecule has 0 radical (unpaired) electrons. The fourth-order valence-electron chi connectivity index (χ4n) is 5.05. The van der Waals surface area contributed by atoms with Gasteiger partial charge in [-0.1, -0.05) is 0 Å². The van der Waals surface area contributed by atoms with Crippen molar-refractivity contribution in [2.75, 3.05) is 25.0 Å². The van der Waals surface area contributed by atoms with Gasteiger partial charge >= 0.3 is 6.18 Å². The second-order valence-electron chi connectivity index (χ2n) is 9.40. The molecule has 0 atom stereocenters. The zero-order valence-corrected chi connectivity index (χ0v) is 20.0. The number of benzene rings is 1. The van der Waals surface area contributed by atoms with E-state index in [-0.39, 0.29) is 24.3 Å². The first-order valence-corrected chi connectivity index (χ1v) is 12.4. The summed E-state index contributed by atoms with van der Waals surface area (Å²) in [5, 5.41) is 21.3. The number of carbonyl (C=O) groups excluding carboxylic acids is 1. The average molecular weight is 509 g/mol. The van der Waals surface area contributed by atoms with E-state index in [1.807, 2.05) is 0 Å². The number of alkyl halides is 3. The predicted molar refractivity (Wildman–Crippen MR) is 126 cm³/mol. The monoisotopic (exact) mass is 508 g/mol. The van der Waals surface area contributed by atoms with Crippen molar-refractivity contribution < 1.29 is 23.1 Å². The molecule has 188 valence electrons. The van der Waals surface area contributed by atoms with E-state index in [4.69, 9.17) is 0 Å². The Bertz CT molecular complexity index is 1200. The average Bonchev–Trinajstić information content (AvgIpc) is 3.44. The molecule has 0 bridgehead atoms. The van der Waals surface area contributed by atoms with Crippen molar-refractivity contribution in [2.24, 2.45) is 7.05 Å². The first-order chi connectivity index (χ1) is 16.6. The normalized spacial score (nSPS) is 23.9. The SMILES string of the molecule is Cn1nc(NCC(=O)NC2CN([C@H]3CC[C@@](O)(c4cncs4)CC3)C2)c2cc(C(F)(F)F)ccc21. The van der Waals surface area contributed by atoms with E-state index in [2.05, 4.69) is 25.6 Å². The van der Waals surface area contributed by atoms with Crippen LogP contribution in [0.3, 0.4) is 0 Å². The molecule has 8 nitrogen and oxygen atoms in total. The highest BCUT2D eigenvalue weighted by atomic mass is 32.1. The van der Waals surface area contributed by atoms with Crippen molar-refractivity contribution in [3.05, 3.63) is 40.3 Å². The zero-order chi connectivity index (χ0) is 24.8. The van der Waals surface area contributed by atoms with Gasteiger partial charge in [-0.2, -0.15) is 18.3 Å². The van der Waals surface area contributed by atoms with Crippen molar-refractivity contribution >= 4 is 34.0 Å². The van der Waals surface area contributed by atoms with Gasteiger partial charge in [0.05, 0.1) is 34.1 Å². The summed E-state index contributed by atoms with van der Waals surface area (Å²) in [4.78, 5) is 19.8. The summed E-state index contributed by atoms with van der Waals surface area (Å²) in [5.74, 6) is 0.0123. The number of carbonyl (C=O) groups is 1. The largest absolute Gasteiger partial charge is 0.416 e. The Kier molecular flexibility index (Phi) is 6.22.